The molecule has 0 heterocycles. The van der Waals surface area contributed by atoms with E-state index in [0.29, 0.717) is 18.6 Å². The lowest BCUT2D eigenvalue weighted by Crippen LogP contribution is -2.46. The number of hydrogen-bond donors (Lipinski definition) is 1. The Bertz CT molecular complexity index is 268. The van der Waals surface area contributed by atoms with E-state index in [2.05, 4.69) is 17.1 Å². The second-order valence-corrected chi connectivity index (χ2v) is 6.26. The number of carbonyl (C=O) groups is 1. The fraction of sp³-hybridized carbons (Fsp3) is 0.938. The molecule has 2 rings (SSSR count). The monoisotopic (exact) mass is 266 g/mol. The quantitative estimate of drug-likeness (QED) is 0.829. The van der Waals surface area contributed by atoms with Crippen molar-refractivity contribution in [2.75, 3.05) is 13.1 Å². The van der Waals surface area contributed by atoms with Crippen molar-refractivity contribution in [3.8, 4) is 0 Å². The van der Waals surface area contributed by atoms with E-state index >= 15 is 0 Å². The van der Waals surface area contributed by atoms with Crippen molar-refractivity contribution in [2.24, 2.45) is 0 Å². The summed E-state index contributed by atoms with van der Waals surface area (Å²) in [6.07, 6.45) is 12.9. The van der Waals surface area contributed by atoms with Gasteiger partial charge in [0.15, 0.2) is 0 Å². The van der Waals surface area contributed by atoms with Gasteiger partial charge >= 0.3 is 0 Å². The van der Waals surface area contributed by atoms with Crippen molar-refractivity contribution in [3.63, 3.8) is 0 Å². The molecule has 2 aliphatic carbocycles. The maximum Gasteiger partial charge on any atom is 0.234 e. The van der Waals surface area contributed by atoms with Crippen LogP contribution in [0.4, 0.5) is 0 Å². The topological polar surface area (TPSA) is 32.3 Å². The SMILES string of the molecule is CCN(CC(=O)NC1CCCCC1)C1CCCCC1. The van der Waals surface area contributed by atoms with Crippen LogP contribution in [0.2, 0.25) is 0 Å². The third-order valence-corrected chi connectivity index (χ3v) is 4.81. The van der Waals surface area contributed by atoms with Gasteiger partial charge in [0.1, 0.15) is 0 Å². The standard InChI is InChI=1S/C16H30N2O/c1-2-18(15-11-7-4-8-12-15)13-16(19)17-14-9-5-3-6-10-14/h14-15H,2-13H2,1H3,(H,17,19). The van der Waals surface area contributed by atoms with Crippen molar-refractivity contribution < 1.29 is 4.79 Å². The largest absolute Gasteiger partial charge is 0.352 e. The van der Waals surface area contributed by atoms with Gasteiger partial charge in [0.25, 0.3) is 0 Å². The third-order valence-electron chi connectivity index (χ3n) is 4.81. The molecule has 1 N–H and O–H groups in total. The third kappa shape index (κ3) is 4.79. The van der Waals surface area contributed by atoms with Crippen LogP contribution in [0, 0.1) is 0 Å². The van der Waals surface area contributed by atoms with Crippen LogP contribution in [0.25, 0.3) is 0 Å². The maximum atomic E-state index is 12.2. The Morgan fingerprint density at radius 3 is 2.16 bits per heavy atom. The van der Waals surface area contributed by atoms with Crippen molar-refractivity contribution >= 4 is 5.91 Å². The summed E-state index contributed by atoms with van der Waals surface area (Å²) >= 11 is 0. The van der Waals surface area contributed by atoms with Crippen LogP contribution in [0.1, 0.15) is 71.1 Å². The Morgan fingerprint density at radius 2 is 1.58 bits per heavy atom. The van der Waals surface area contributed by atoms with Gasteiger partial charge in [0, 0.05) is 12.1 Å². The van der Waals surface area contributed by atoms with Crippen molar-refractivity contribution in [2.45, 2.75) is 83.2 Å². The molecule has 19 heavy (non-hydrogen) atoms. The summed E-state index contributed by atoms with van der Waals surface area (Å²) in [7, 11) is 0. The zero-order valence-corrected chi connectivity index (χ0v) is 12.5. The number of nitrogens with zero attached hydrogens (tertiary/aromatic N) is 1. The minimum atomic E-state index is 0.249. The number of amides is 1. The van der Waals surface area contributed by atoms with Crippen molar-refractivity contribution in [1.82, 2.24) is 10.2 Å². The van der Waals surface area contributed by atoms with Crippen molar-refractivity contribution in [1.29, 1.82) is 0 Å². The highest BCUT2D eigenvalue weighted by atomic mass is 16.2. The predicted molar refractivity (Wildman–Crippen MR) is 79.1 cm³/mol. The van der Waals surface area contributed by atoms with Crippen LogP contribution in [-0.2, 0) is 4.79 Å². The van der Waals surface area contributed by atoms with Crippen LogP contribution < -0.4 is 5.32 Å². The van der Waals surface area contributed by atoms with Crippen LogP contribution in [0.5, 0.6) is 0 Å². The molecule has 0 aromatic carbocycles. The first-order valence-corrected chi connectivity index (χ1v) is 8.33. The normalized spacial score (nSPS) is 22.6. The van der Waals surface area contributed by atoms with Crippen LogP contribution in [0.3, 0.4) is 0 Å². The number of nitrogens with one attached hydrogen (secondary N) is 1. The smallest absolute Gasteiger partial charge is 0.234 e. The molecule has 0 unspecified atom stereocenters. The first-order valence-electron chi connectivity index (χ1n) is 8.33. The molecule has 3 nitrogen and oxygen atoms in total. The molecule has 0 aromatic rings. The van der Waals surface area contributed by atoms with Gasteiger partial charge in [-0.25, -0.2) is 0 Å². The lowest BCUT2D eigenvalue weighted by Gasteiger charge is -2.33. The van der Waals surface area contributed by atoms with Crippen molar-refractivity contribution in [3.05, 3.63) is 0 Å². The van der Waals surface area contributed by atoms with Gasteiger partial charge in [0.2, 0.25) is 5.91 Å². The van der Waals surface area contributed by atoms with E-state index in [1.54, 1.807) is 0 Å². The average Bonchev–Trinajstić information content (AvgIpc) is 2.47. The van der Waals surface area contributed by atoms with Gasteiger partial charge in [0.05, 0.1) is 6.54 Å². The van der Waals surface area contributed by atoms with E-state index in [-0.39, 0.29) is 5.91 Å². The summed E-state index contributed by atoms with van der Waals surface area (Å²) in [4.78, 5) is 14.6. The molecule has 1 amide bonds. The van der Waals surface area contributed by atoms with E-state index in [1.807, 2.05) is 0 Å². The maximum absolute atomic E-state index is 12.2. The van der Waals surface area contributed by atoms with E-state index < -0.39 is 0 Å². The summed E-state index contributed by atoms with van der Waals surface area (Å²) in [6, 6.07) is 1.10. The fourth-order valence-electron chi connectivity index (χ4n) is 3.65. The minimum absolute atomic E-state index is 0.249. The van der Waals surface area contributed by atoms with Crippen LogP contribution in [0.15, 0.2) is 0 Å². The Kier molecular flexibility index (Phi) is 6.15. The summed E-state index contributed by atoms with van der Waals surface area (Å²) in [5.41, 5.74) is 0. The lowest BCUT2D eigenvalue weighted by molar-refractivity contribution is -0.123. The molecule has 0 aromatic heterocycles. The Labute approximate surface area is 118 Å². The molecule has 2 aliphatic rings. The highest BCUT2D eigenvalue weighted by Crippen LogP contribution is 2.22. The number of likely N-dealkylation sites (N-methyl/N-ethyl adjacent to an activating group) is 1. The van der Waals surface area contributed by atoms with Gasteiger partial charge in [-0.3, -0.25) is 9.69 Å². The Balaban J connectivity index is 1.74. The Morgan fingerprint density at radius 1 is 1.00 bits per heavy atom. The molecular formula is C16H30N2O. The molecule has 0 bridgehead atoms. The second kappa shape index (κ2) is 7.88. The summed E-state index contributed by atoms with van der Waals surface area (Å²) < 4.78 is 0. The molecule has 3 heteroatoms. The van der Waals surface area contributed by atoms with Gasteiger partial charge in [-0.1, -0.05) is 45.4 Å². The number of carbonyl (C=O) groups excluding carboxylic acids is 1. The van der Waals surface area contributed by atoms with E-state index in [9.17, 15) is 4.79 Å². The molecule has 0 atom stereocenters. The fourth-order valence-corrected chi connectivity index (χ4v) is 3.65. The van der Waals surface area contributed by atoms with Gasteiger partial charge in [-0.05, 0) is 32.2 Å². The van der Waals surface area contributed by atoms with E-state index in [4.69, 9.17) is 0 Å². The number of rotatable bonds is 5. The number of hydrogen-bond acceptors (Lipinski definition) is 2. The highest BCUT2D eigenvalue weighted by molar-refractivity contribution is 5.78. The van der Waals surface area contributed by atoms with E-state index in [0.717, 1.165) is 6.54 Å². The molecule has 2 fully saturated rings. The molecule has 0 saturated heterocycles. The molecule has 110 valence electrons. The zero-order valence-electron chi connectivity index (χ0n) is 12.5. The van der Waals surface area contributed by atoms with E-state index in [1.165, 1.54) is 64.2 Å². The van der Waals surface area contributed by atoms with Crippen LogP contribution >= 0.6 is 0 Å². The highest BCUT2D eigenvalue weighted by Gasteiger charge is 2.23. The summed E-state index contributed by atoms with van der Waals surface area (Å²) in [5, 5.41) is 3.24. The molecular weight excluding hydrogens is 236 g/mol. The zero-order chi connectivity index (χ0) is 13.5. The van der Waals surface area contributed by atoms with Gasteiger partial charge in [-0.2, -0.15) is 0 Å². The Hall–Kier alpha value is -0.570. The second-order valence-electron chi connectivity index (χ2n) is 6.26. The van der Waals surface area contributed by atoms with Crippen LogP contribution in [-0.4, -0.2) is 36.0 Å². The molecule has 0 aliphatic heterocycles. The van der Waals surface area contributed by atoms with Gasteiger partial charge < -0.3 is 5.32 Å². The predicted octanol–water partition coefficient (Wildman–Crippen LogP) is 3.09. The van der Waals surface area contributed by atoms with Gasteiger partial charge in [-0.15, -0.1) is 0 Å². The molecule has 0 spiro atoms. The summed E-state index contributed by atoms with van der Waals surface area (Å²) in [5.74, 6) is 0.249. The average molecular weight is 266 g/mol. The lowest BCUT2D eigenvalue weighted by atomic mass is 9.94. The summed E-state index contributed by atoms with van der Waals surface area (Å²) in [6.45, 7) is 3.79. The molecule has 2 saturated carbocycles. The first kappa shape index (κ1) is 14.8. The first-order chi connectivity index (χ1) is 9.29. The molecule has 0 radical (unpaired) electrons. The minimum Gasteiger partial charge on any atom is -0.352 e.